The second kappa shape index (κ2) is 78.2. The van der Waals surface area contributed by atoms with Crippen molar-refractivity contribution in [3.63, 3.8) is 0 Å². The van der Waals surface area contributed by atoms with Crippen molar-refractivity contribution in [1.29, 1.82) is 0 Å². The first kappa shape index (κ1) is 99.7. The Balaban J connectivity index is 4.54. The summed E-state index contributed by atoms with van der Waals surface area (Å²) in [5.41, 5.74) is 0. The number of hydrogen-bond acceptors (Lipinski definition) is 14. The number of aliphatic hydroxyl groups excluding tert-OH is 2. The molecule has 5 unspecified atom stereocenters. The monoisotopic (exact) mass is 1500 g/mol. The van der Waals surface area contributed by atoms with Crippen LogP contribution in [-0.4, -0.2) is 95.9 Å². The summed E-state index contributed by atoms with van der Waals surface area (Å²) in [5.74, 6) is -1.67. The number of phosphoric acid groups is 2. The molecule has 0 aromatic rings. The Kier molecular flexibility index (Phi) is 74.3. The predicted molar refractivity (Wildman–Crippen MR) is 435 cm³/mol. The van der Waals surface area contributed by atoms with Crippen molar-refractivity contribution in [3.05, 3.63) is 182 Å². The highest BCUT2D eigenvalue weighted by Crippen LogP contribution is 2.45. The molecule has 0 aromatic carbocycles. The zero-order chi connectivity index (χ0) is 76.6. The maximum atomic E-state index is 12.9. The molecule has 4 N–H and O–H groups in total. The van der Waals surface area contributed by atoms with Gasteiger partial charge in [-0.15, -0.1) is 0 Å². The molecule has 0 aliphatic heterocycles. The van der Waals surface area contributed by atoms with E-state index in [0.29, 0.717) is 25.7 Å². The van der Waals surface area contributed by atoms with Crippen LogP contribution in [-0.2, 0) is 55.8 Å². The Morgan fingerprint density at radius 3 is 0.781 bits per heavy atom. The molecule has 0 saturated heterocycles. The van der Waals surface area contributed by atoms with Crippen molar-refractivity contribution in [2.24, 2.45) is 0 Å². The van der Waals surface area contributed by atoms with E-state index in [0.717, 1.165) is 161 Å². The van der Waals surface area contributed by atoms with Crippen LogP contribution >= 0.6 is 15.6 Å². The summed E-state index contributed by atoms with van der Waals surface area (Å²) in [6.45, 7) is 2.24. The first-order chi connectivity index (χ1) is 51.2. The second-order valence-corrected chi connectivity index (χ2v) is 29.0. The topological polar surface area (TPSA) is 231 Å². The minimum Gasteiger partial charge on any atom is -0.463 e. The molecule has 0 rings (SSSR count). The molecule has 16 nitrogen and oxygen atoms in total. The Hall–Kier alpha value is -5.35. The van der Waals surface area contributed by atoms with E-state index in [2.05, 4.69) is 191 Å². The molecule has 596 valence electrons. The zero-order valence-corrected chi connectivity index (χ0v) is 66.9. The average molecular weight is 1510 g/mol. The largest absolute Gasteiger partial charge is 0.472 e. The molecule has 0 heterocycles. The van der Waals surface area contributed by atoms with Gasteiger partial charge in [0.05, 0.1) is 26.4 Å². The molecule has 0 aromatic heterocycles. The number of esters is 3. The normalized spacial score (nSPS) is 14.9. The van der Waals surface area contributed by atoms with E-state index in [1.165, 1.54) is 64.2 Å². The van der Waals surface area contributed by atoms with Crippen LogP contribution in [0, 0.1) is 0 Å². The van der Waals surface area contributed by atoms with Gasteiger partial charge in [-0.1, -0.05) is 306 Å². The summed E-state index contributed by atoms with van der Waals surface area (Å²) in [6.07, 6.45) is 101. The molecule has 0 spiro atoms. The molecule has 0 amide bonds. The van der Waals surface area contributed by atoms with E-state index < -0.39 is 91.5 Å². The lowest BCUT2D eigenvalue weighted by Gasteiger charge is -2.21. The van der Waals surface area contributed by atoms with Crippen molar-refractivity contribution in [2.45, 2.75) is 309 Å². The molecule has 0 aliphatic rings. The van der Waals surface area contributed by atoms with Gasteiger partial charge in [0, 0.05) is 19.3 Å². The fraction of sp³-hybridized carbons (Fsp3) is 0.621. The van der Waals surface area contributed by atoms with Crippen molar-refractivity contribution in [2.75, 3.05) is 39.6 Å². The number of ether oxygens (including phenoxy) is 3. The first-order valence-corrected chi connectivity index (χ1v) is 43.1. The van der Waals surface area contributed by atoms with Gasteiger partial charge in [0.2, 0.25) is 0 Å². The number of hydrogen-bond donors (Lipinski definition) is 4. The Labute approximate surface area is 636 Å². The Bertz CT molecular complexity index is 2640. The van der Waals surface area contributed by atoms with Crippen LogP contribution in [0.1, 0.15) is 290 Å². The zero-order valence-electron chi connectivity index (χ0n) is 65.1. The predicted octanol–water partition coefficient (Wildman–Crippen LogP) is 23.8. The van der Waals surface area contributed by atoms with Gasteiger partial charge in [-0.3, -0.25) is 32.5 Å². The van der Waals surface area contributed by atoms with E-state index in [9.17, 15) is 43.5 Å². The number of phosphoric ester groups is 2. The third-order valence-electron chi connectivity index (χ3n) is 16.1. The molecule has 0 fully saturated rings. The number of carbonyl (C=O) groups is 3. The highest BCUT2D eigenvalue weighted by molar-refractivity contribution is 7.47. The van der Waals surface area contributed by atoms with Crippen LogP contribution < -0.4 is 0 Å². The second-order valence-electron chi connectivity index (χ2n) is 26.1. The summed E-state index contributed by atoms with van der Waals surface area (Å²) in [5, 5.41) is 20.6. The fourth-order valence-corrected chi connectivity index (χ4v) is 11.7. The lowest BCUT2D eigenvalue weighted by atomic mass is 10.0. The highest BCUT2D eigenvalue weighted by atomic mass is 31.2. The molecule has 0 aliphatic carbocycles. The molecule has 0 radical (unpaired) electrons. The smallest absolute Gasteiger partial charge is 0.463 e. The van der Waals surface area contributed by atoms with Gasteiger partial charge < -0.3 is 34.2 Å². The van der Waals surface area contributed by atoms with Gasteiger partial charge in [0.15, 0.2) is 6.10 Å². The van der Waals surface area contributed by atoms with E-state index in [1.54, 1.807) is 0 Å². The van der Waals surface area contributed by atoms with Crippen molar-refractivity contribution in [1.82, 2.24) is 0 Å². The SMILES string of the molecule is CC/C=C\C/C=C\C/C=C\C/C=C\C/C=C\C/C=C\CCCCCCCCCCCCCCCCC(=O)OCC(O)COP(=O)(O)OCC(O)COP(=O)(O)OCC(COC(=O)CCCCCCCC/C=C\C/C=C\C/C=C\C/C=C\CC)OC(=O)CCC/C=C\C/C=C\C/C=C\C/C=C\C/C=C\CC. The van der Waals surface area contributed by atoms with Gasteiger partial charge >= 0.3 is 33.6 Å². The molecule has 18 heteroatoms. The number of aliphatic hydroxyl groups is 2. The van der Waals surface area contributed by atoms with Gasteiger partial charge in [-0.05, 0) is 148 Å². The molecular formula is C87H142O16P2. The maximum absolute atomic E-state index is 12.9. The summed E-state index contributed by atoms with van der Waals surface area (Å²) >= 11 is 0. The summed E-state index contributed by atoms with van der Waals surface area (Å²) in [6, 6.07) is 0. The summed E-state index contributed by atoms with van der Waals surface area (Å²) < 4.78 is 61.1. The van der Waals surface area contributed by atoms with E-state index >= 15 is 0 Å². The minimum absolute atomic E-state index is 0.0170. The quantitative estimate of drug-likeness (QED) is 0.0146. The average Bonchev–Trinajstić information content (AvgIpc) is 0.911. The van der Waals surface area contributed by atoms with Gasteiger partial charge in [-0.2, -0.15) is 0 Å². The van der Waals surface area contributed by atoms with Crippen LogP contribution in [0.2, 0.25) is 0 Å². The molecule has 0 saturated carbocycles. The summed E-state index contributed by atoms with van der Waals surface area (Å²) in [4.78, 5) is 58.6. The lowest BCUT2D eigenvalue weighted by Crippen LogP contribution is -2.30. The third-order valence-corrected chi connectivity index (χ3v) is 18.0. The Morgan fingerprint density at radius 2 is 0.486 bits per heavy atom. The van der Waals surface area contributed by atoms with Crippen LogP contribution in [0.4, 0.5) is 0 Å². The van der Waals surface area contributed by atoms with Gasteiger partial charge in [0.1, 0.15) is 25.4 Å². The Morgan fingerprint density at radius 1 is 0.267 bits per heavy atom. The van der Waals surface area contributed by atoms with Crippen LogP contribution in [0.3, 0.4) is 0 Å². The maximum Gasteiger partial charge on any atom is 0.472 e. The number of unbranched alkanes of at least 4 members (excludes halogenated alkanes) is 21. The molecule has 105 heavy (non-hydrogen) atoms. The number of allylic oxidation sites excluding steroid dienone is 30. The van der Waals surface area contributed by atoms with Crippen molar-refractivity contribution < 1.29 is 75.8 Å². The lowest BCUT2D eigenvalue weighted by molar-refractivity contribution is -0.161. The van der Waals surface area contributed by atoms with Gasteiger partial charge in [0.25, 0.3) is 0 Å². The molecule has 0 bridgehead atoms. The number of carbonyl (C=O) groups excluding carboxylic acids is 3. The number of rotatable bonds is 74. The molecular weight excluding hydrogens is 1360 g/mol. The van der Waals surface area contributed by atoms with E-state index in [4.69, 9.17) is 32.3 Å². The first-order valence-electron chi connectivity index (χ1n) is 40.1. The van der Waals surface area contributed by atoms with E-state index in [-0.39, 0.29) is 19.3 Å². The standard InChI is InChI=1S/C87H142O16P2/c1-4-7-10-13-16-19-22-25-28-31-33-34-35-36-37-38-39-40-41-42-43-44-45-46-48-51-52-55-58-61-64-67-70-73-85(90)97-76-82(88)77-99-104(93,94)100-78-83(89)79-101-105(95,96)102-81-84(103-87(92)75-72-69-66-63-60-57-54-49-30-27-24-21-18-15-12-9-6-3)80-98-86(91)74-71-68-65-62-59-56-53-50-47-32-29-26-23-20-17-14-11-8-5-2/h7-12,16-21,25-30,33-34,36-37,39-40,47,50,54,57,63,66,82-84,88-89H,4-6,13-15,22-24,31-32,35,38,41-46,48-49,51-53,55-56,58-62,64-65,67-81H2,1-3H3,(H,93,94)(H,95,96)/b10-7-,11-8-,12-9-,19-16-,20-17-,21-18-,28-25-,29-26-,30-27-,34-33-,37-36-,40-39-,50-47-,57-54-,66-63-. The third kappa shape index (κ3) is 79.5. The van der Waals surface area contributed by atoms with Crippen LogP contribution in [0.15, 0.2) is 182 Å². The van der Waals surface area contributed by atoms with Crippen molar-refractivity contribution in [3.8, 4) is 0 Å². The van der Waals surface area contributed by atoms with Crippen molar-refractivity contribution >= 4 is 33.6 Å². The van der Waals surface area contributed by atoms with E-state index in [1.807, 2.05) is 12.2 Å². The summed E-state index contributed by atoms with van der Waals surface area (Å²) in [7, 11) is -9.83. The molecule has 5 atom stereocenters. The highest BCUT2D eigenvalue weighted by Gasteiger charge is 2.29. The van der Waals surface area contributed by atoms with Crippen LogP contribution in [0.5, 0.6) is 0 Å². The van der Waals surface area contributed by atoms with Crippen LogP contribution in [0.25, 0.3) is 0 Å². The minimum atomic E-state index is -4.96. The fourth-order valence-electron chi connectivity index (χ4n) is 10.1. The van der Waals surface area contributed by atoms with Gasteiger partial charge in [-0.25, -0.2) is 9.13 Å².